The molecule has 1 fully saturated rings. The predicted octanol–water partition coefficient (Wildman–Crippen LogP) is 1.02. The van der Waals surface area contributed by atoms with E-state index in [1.807, 2.05) is 4.98 Å². The number of nitrogens with zero attached hydrogens (tertiary/aromatic N) is 1. The van der Waals surface area contributed by atoms with E-state index >= 15 is 0 Å². The van der Waals surface area contributed by atoms with E-state index in [0.29, 0.717) is 19.0 Å². The highest BCUT2D eigenvalue weighted by atomic mass is 19.1. The van der Waals surface area contributed by atoms with E-state index in [4.69, 9.17) is 14.2 Å². The van der Waals surface area contributed by atoms with Crippen molar-refractivity contribution in [2.24, 2.45) is 0 Å². The smallest absolute Gasteiger partial charge is 0.330 e. The van der Waals surface area contributed by atoms with Gasteiger partial charge in [-0.3, -0.25) is 23.9 Å². The molecule has 1 aromatic rings. The lowest BCUT2D eigenvalue weighted by Gasteiger charge is -2.24. The van der Waals surface area contributed by atoms with Gasteiger partial charge < -0.3 is 14.2 Å². The molecule has 150 valence electrons. The molecule has 0 amide bonds. The Labute approximate surface area is 154 Å². The molecule has 0 aliphatic carbocycles. The van der Waals surface area contributed by atoms with Crippen LogP contribution in [0.1, 0.15) is 52.7 Å². The van der Waals surface area contributed by atoms with Gasteiger partial charge in [0.25, 0.3) is 5.56 Å². The molecule has 0 radical (unpaired) electrons. The van der Waals surface area contributed by atoms with Crippen LogP contribution in [-0.2, 0) is 23.8 Å². The second-order valence-corrected chi connectivity index (χ2v) is 6.28. The number of esters is 2. The fourth-order valence-corrected chi connectivity index (χ4v) is 2.80. The Bertz CT molecular complexity index is 803. The number of nitrogens with one attached hydrogen (secondary N) is 1. The van der Waals surface area contributed by atoms with Gasteiger partial charge in [-0.05, 0) is 19.8 Å². The Morgan fingerprint density at radius 2 is 1.70 bits per heavy atom. The summed E-state index contributed by atoms with van der Waals surface area (Å²) in [6.07, 6.45) is -2.07. The van der Waals surface area contributed by atoms with Crippen molar-refractivity contribution >= 4 is 11.9 Å². The fraction of sp³-hybridized carbons (Fsp3) is 0.647. The molecule has 0 spiro atoms. The Hall–Kier alpha value is -2.49. The van der Waals surface area contributed by atoms with Crippen LogP contribution in [-0.4, -0.2) is 39.8 Å². The summed E-state index contributed by atoms with van der Waals surface area (Å²) >= 11 is 0. The van der Waals surface area contributed by atoms with E-state index in [-0.39, 0.29) is 12.8 Å². The van der Waals surface area contributed by atoms with Crippen LogP contribution in [0.3, 0.4) is 0 Å². The molecule has 1 aliphatic rings. The van der Waals surface area contributed by atoms with Gasteiger partial charge in [0.2, 0.25) is 5.82 Å². The van der Waals surface area contributed by atoms with Gasteiger partial charge in [-0.1, -0.05) is 13.8 Å². The molecule has 0 unspecified atom stereocenters. The molecule has 0 bridgehead atoms. The van der Waals surface area contributed by atoms with E-state index in [1.165, 1.54) is 0 Å². The molecule has 1 aliphatic heterocycles. The van der Waals surface area contributed by atoms with Crippen LogP contribution < -0.4 is 11.2 Å². The first-order valence-electron chi connectivity index (χ1n) is 8.83. The number of hydrogen-bond donors (Lipinski definition) is 1. The minimum absolute atomic E-state index is 0.113. The second-order valence-electron chi connectivity index (χ2n) is 6.28. The lowest BCUT2D eigenvalue weighted by molar-refractivity contribution is -0.168. The molecule has 0 saturated carbocycles. The average Bonchev–Trinajstić information content (AvgIpc) is 2.87. The zero-order chi connectivity index (χ0) is 20.1. The van der Waals surface area contributed by atoms with Gasteiger partial charge in [0.15, 0.2) is 18.4 Å². The highest BCUT2D eigenvalue weighted by Gasteiger charge is 2.49. The Kier molecular flexibility index (Phi) is 6.89. The summed E-state index contributed by atoms with van der Waals surface area (Å²) in [5, 5.41) is 0. The maximum Gasteiger partial charge on any atom is 0.330 e. The van der Waals surface area contributed by atoms with Crippen LogP contribution in [0, 0.1) is 5.82 Å². The van der Waals surface area contributed by atoms with E-state index in [1.54, 1.807) is 20.8 Å². The molecule has 2 heterocycles. The topological polar surface area (TPSA) is 117 Å². The Balaban J connectivity index is 2.38. The summed E-state index contributed by atoms with van der Waals surface area (Å²) in [6, 6.07) is 0. The number of ether oxygens (including phenoxy) is 3. The van der Waals surface area contributed by atoms with Gasteiger partial charge in [-0.25, -0.2) is 4.79 Å². The first kappa shape index (κ1) is 20.8. The van der Waals surface area contributed by atoms with Crippen LogP contribution >= 0.6 is 0 Å². The van der Waals surface area contributed by atoms with Crippen molar-refractivity contribution in [3.05, 3.63) is 32.9 Å². The van der Waals surface area contributed by atoms with Crippen molar-refractivity contribution < 1.29 is 28.2 Å². The van der Waals surface area contributed by atoms with Crippen molar-refractivity contribution in [1.29, 1.82) is 0 Å². The van der Waals surface area contributed by atoms with E-state index in [0.717, 1.165) is 4.57 Å². The number of carbonyl (C=O) groups is 2. The number of rotatable bonds is 7. The van der Waals surface area contributed by atoms with Gasteiger partial charge >= 0.3 is 17.6 Å². The average molecular weight is 386 g/mol. The zero-order valence-corrected chi connectivity index (χ0v) is 15.4. The summed E-state index contributed by atoms with van der Waals surface area (Å²) in [6.45, 7) is 5.17. The molecular weight excluding hydrogens is 363 g/mol. The third-order valence-electron chi connectivity index (χ3n) is 4.06. The van der Waals surface area contributed by atoms with Gasteiger partial charge in [-0.15, -0.1) is 0 Å². The van der Waals surface area contributed by atoms with Crippen LogP contribution in [0.2, 0.25) is 0 Å². The van der Waals surface area contributed by atoms with Gasteiger partial charge in [0.1, 0.15) is 0 Å². The van der Waals surface area contributed by atoms with Crippen molar-refractivity contribution in [3.63, 3.8) is 0 Å². The fourth-order valence-electron chi connectivity index (χ4n) is 2.80. The number of H-pyrrole nitrogens is 1. The molecule has 1 N–H and O–H groups in total. The highest BCUT2D eigenvalue weighted by molar-refractivity contribution is 5.70. The molecule has 0 aromatic carbocycles. The Morgan fingerprint density at radius 1 is 1.15 bits per heavy atom. The van der Waals surface area contributed by atoms with Crippen LogP contribution in [0.4, 0.5) is 4.39 Å². The quantitative estimate of drug-likeness (QED) is 0.695. The molecular formula is C17H23FN2O7. The van der Waals surface area contributed by atoms with Crippen molar-refractivity contribution in [2.75, 3.05) is 0 Å². The summed E-state index contributed by atoms with van der Waals surface area (Å²) in [5.41, 5.74) is -2.11. The van der Waals surface area contributed by atoms with E-state index in [9.17, 15) is 23.6 Å². The van der Waals surface area contributed by atoms with Gasteiger partial charge in [0, 0.05) is 12.8 Å². The van der Waals surface area contributed by atoms with Crippen LogP contribution in [0.25, 0.3) is 0 Å². The molecule has 2 rings (SSSR count). The SMILES string of the molecule is CCCC(=O)O[C@@H]1[C@H](OC(=O)CCC)[C@@H](C)O[C@H]1n1cc(F)c(=O)[nH]c1=O. The minimum Gasteiger partial charge on any atom is -0.455 e. The first-order valence-corrected chi connectivity index (χ1v) is 8.83. The predicted molar refractivity (Wildman–Crippen MR) is 90.4 cm³/mol. The second kappa shape index (κ2) is 8.94. The number of aromatic nitrogens is 2. The third kappa shape index (κ3) is 4.82. The summed E-state index contributed by atoms with van der Waals surface area (Å²) in [4.78, 5) is 49.1. The van der Waals surface area contributed by atoms with Crippen molar-refractivity contribution in [1.82, 2.24) is 9.55 Å². The summed E-state index contributed by atoms with van der Waals surface area (Å²) in [5.74, 6) is -2.27. The van der Waals surface area contributed by atoms with Crippen LogP contribution in [0.5, 0.6) is 0 Å². The normalized spacial score (nSPS) is 24.6. The lowest BCUT2D eigenvalue weighted by atomic mass is 10.1. The van der Waals surface area contributed by atoms with Gasteiger partial charge in [-0.2, -0.15) is 4.39 Å². The molecule has 1 aromatic heterocycles. The zero-order valence-electron chi connectivity index (χ0n) is 15.4. The minimum atomic E-state index is -1.25. The van der Waals surface area contributed by atoms with Gasteiger partial charge in [0.05, 0.1) is 12.3 Å². The Morgan fingerprint density at radius 3 is 2.26 bits per heavy atom. The number of carbonyl (C=O) groups excluding carboxylic acids is 2. The monoisotopic (exact) mass is 386 g/mol. The summed E-state index contributed by atoms with van der Waals surface area (Å²) in [7, 11) is 0. The molecule has 27 heavy (non-hydrogen) atoms. The standard InChI is InChI=1S/C17H23FN2O7/c1-4-6-11(21)26-13-9(3)25-16(14(13)27-12(22)7-5-2)20-8-10(18)15(23)19-17(20)24/h8-9,13-14,16H,4-7H2,1-3H3,(H,19,23,24)/t9-,13-,14-,16-/m1/s1. The number of halogens is 1. The van der Waals surface area contributed by atoms with Crippen molar-refractivity contribution in [2.45, 2.75) is 71.0 Å². The third-order valence-corrected chi connectivity index (χ3v) is 4.06. The number of hydrogen-bond acceptors (Lipinski definition) is 7. The highest BCUT2D eigenvalue weighted by Crippen LogP contribution is 2.33. The largest absolute Gasteiger partial charge is 0.455 e. The maximum atomic E-state index is 13.7. The van der Waals surface area contributed by atoms with Crippen molar-refractivity contribution in [3.8, 4) is 0 Å². The number of aromatic amines is 1. The molecule has 9 nitrogen and oxygen atoms in total. The van der Waals surface area contributed by atoms with E-state index < -0.39 is 53.5 Å². The molecule has 1 saturated heterocycles. The summed E-state index contributed by atoms with van der Waals surface area (Å²) < 4.78 is 30.9. The van der Waals surface area contributed by atoms with E-state index in [2.05, 4.69) is 0 Å². The molecule has 4 atom stereocenters. The maximum absolute atomic E-state index is 13.7. The molecule has 10 heteroatoms. The van der Waals surface area contributed by atoms with Crippen LogP contribution in [0.15, 0.2) is 15.8 Å². The first-order chi connectivity index (χ1) is 12.8. The lowest BCUT2D eigenvalue weighted by Crippen LogP contribution is -2.42.